The lowest BCUT2D eigenvalue weighted by Crippen LogP contribution is -2.32. The van der Waals surface area contributed by atoms with Crippen LogP contribution in [-0.4, -0.2) is 34.6 Å². The minimum Gasteiger partial charge on any atom is -0.495 e. The number of ether oxygens (including phenoxy) is 1. The minimum absolute atomic E-state index is 0.128. The first kappa shape index (κ1) is 23.5. The Kier molecular flexibility index (Phi) is 7.09. The molecule has 3 rings (SSSR count). The summed E-state index contributed by atoms with van der Waals surface area (Å²) in [6.45, 7) is 3.80. The lowest BCUT2D eigenvalue weighted by Gasteiger charge is -2.11. The summed E-state index contributed by atoms with van der Waals surface area (Å²) in [5.74, 6) is -1.38. The lowest BCUT2D eigenvalue weighted by atomic mass is 10.2. The molecule has 0 radical (unpaired) electrons. The summed E-state index contributed by atoms with van der Waals surface area (Å²) in [7, 11) is 1.54. The number of nitrogens with one attached hydrogen (secondary N) is 2. The van der Waals surface area contributed by atoms with Crippen molar-refractivity contribution in [2.75, 3.05) is 12.4 Å². The number of rotatable bonds is 6. The third kappa shape index (κ3) is 5.36. The maximum atomic E-state index is 12.0. The molecule has 10 nitrogen and oxygen atoms in total. The quantitative estimate of drug-likeness (QED) is 0.246. The van der Waals surface area contributed by atoms with Gasteiger partial charge in [-0.25, -0.2) is 5.43 Å². The van der Waals surface area contributed by atoms with Crippen molar-refractivity contribution in [3.8, 4) is 11.4 Å². The van der Waals surface area contributed by atoms with Crippen LogP contribution < -0.4 is 15.5 Å². The smallest absolute Gasteiger partial charge is 0.329 e. The molecule has 0 aliphatic rings. The first-order valence-electron chi connectivity index (χ1n) is 9.63. The molecule has 2 amide bonds. The van der Waals surface area contributed by atoms with Crippen LogP contribution >= 0.6 is 11.6 Å². The maximum absolute atomic E-state index is 12.0. The molecule has 2 aromatic carbocycles. The third-order valence-electron chi connectivity index (χ3n) is 4.78. The number of non-ortho nitro benzene ring substituents is 1. The number of nitro benzene ring substituents is 1. The number of methoxy groups -OCH3 is 1. The fraction of sp³-hybridized carbons (Fsp3) is 0.136. The van der Waals surface area contributed by atoms with Crippen molar-refractivity contribution in [3.63, 3.8) is 0 Å². The molecule has 3 aromatic rings. The van der Waals surface area contributed by atoms with Crippen LogP contribution in [0.2, 0.25) is 5.02 Å². The van der Waals surface area contributed by atoms with Gasteiger partial charge in [0.25, 0.3) is 5.69 Å². The highest BCUT2D eigenvalue weighted by molar-refractivity contribution is 6.39. The van der Waals surface area contributed by atoms with Gasteiger partial charge in [-0.05, 0) is 50.2 Å². The fourth-order valence-electron chi connectivity index (χ4n) is 3.18. The van der Waals surface area contributed by atoms with Crippen molar-refractivity contribution in [2.45, 2.75) is 13.8 Å². The van der Waals surface area contributed by atoms with Gasteiger partial charge in [-0.15, -0.1) is 0 Å². The van der Waals surface area contributed by atoms with Crippen LogP contribution in [0.4, 0.5) is 11.4 Å². The van der Waals surface area contributed by atoms with Crippen molar-refractivity contribution >= 4 is 41.0 Å². The monoisotopic (exact) mass is 469 g/mol. The van der Waals surface area contributed by atoms with Gasteiger partial charge >= 0.3 is 11.8 Å². The van der Waals surface area contributed by atoms with Crippen LogP contribution in [0.5, 0.6) is 5.75 Å². The number of carbonyl (C=O) groups excluding carboxylic acids is 2. The Labute approximate surface area is 194 Å². The molecule has 1 aromatic heterocycles. The van der Waals surface area contributed by atoms with E-state index < -0.39 is 16.7 Å². The summed E-state index contributed by atoms with van der Waals surface area (Å²) in [5.41, 5.74) is 5.61. The predicted molar refractivity (Wildman–Crippen MR) is 124 cm³/mol. The molecule has 0 unspecified atom stereocenters. The van der Waals surface area contributed by atoms with Crippen molar-refractivity contribution in [3.05, 3.63) is 80.6 Å². The molecule has 0 saturated carbocycles. The summed E-state index contributed by atoms with van der Waals surface area (Å²) in [5, 5.41) is 17.4. The van der Waals surface area contributed by atoms with Gasteiger partial charge in [-0.2, -0.15) is 5.10 Å². The third-order valence-corrected chi connectivity index (χ3v) is 5.07. The van der Waals surface area contributed by atoms with Gasteiger partial charge in [0.1, 0.15) is 5.75 Å². The predicted octanol–water partition coefficient (Wildman–Crippen LogP) is 3.75. The number of carbonyl (C=O) groups is 2. The highest BCUT2D eigenvalue weighted by atomic mass is 35.5. The number of aryl methyl sites for hydroxylation is 1. The molecule has 1 heterocycles. The number of aromatic nitrogens is 1. The number of benzene rings is 2. The zero-order chi connectivity index (χ0) is 24.1. The summed E-state index contributed by atoms with van der Waals surface area (Å²) in [6.07, 6.45) is 1.43. The molecule has 0 saturated heterocycles. The Balaban J connectivity index is 1.67. The number of halogens is 1. The van der Waals surface area contributed by atoms with Crippen LogP contribution in [0.25, 0.3) is 5.69 Å². The molecule has 2 N–H and O–H groups in total. The molecule has 33 heavy (non-hydrogen) atoms. The van der Waals surface area contributed by atoms with E-state index in [2.05, 4.69) is 15.8 Å². The molecule has 11 heteroatoms. The first-order valence-corrected chi connectivity index (χ1v) is 10.0. The molecule has 170 valence electrons. The van der Waals surface area contributed by atoms with Crippen LogP contribution in [0.15, 0.2) is 53.6 Å². The number of nitrogens with zero attached hydrogens (tertiary/aromatic N) is 3. The average Bonchev–Trinajstić information content (AvgIpc) is 3.06. The highest BCUT2D eigenvalue weighted by Crippen LogP contribution is 2.29. The molecule has 0 atom stereocenters. The zero-order valence-corrected chi connectivity index (χ0v) is 18.7. The molecule has 0 aliphatic carbocycles. The molecule has 0 bridgehead atoms. The van der Waals surface area contributed by atoms with Crippen molar-refractivity contribution in [1.29, 1.82) is 0 Å². The number of hydrogen-bond donors (Lipinski definition) is 2. The molecular formula is C22H20ClN5O5. The van der Waals surface area contributed by atoms with Gasteiger partial charge in [0.2, 0.25) is 0 Å². The highest BCUT2D eigenvalue weighted by Gasteiger charge is 2.15. The van der Waals surface area contributed by atoms with E-state index in [4.69, 9.17) is 16.3 Å². The molecule has 0 spiro atoms. The normalized spacial score (nSPS) is 10.8. The van der Waals surface area contributed by atoms with Gasteiger partial charge in [-0.3, -0.25) is 19.7 Å². The SMILES string of the molecule is COc1ccc(-n2c(C)cc(/C=N\NC(=O)C(=O)Nc3ccc([N+](=O)[O-])cc3)c2C)cc1Cl. The van der Waals surface area contributed by atoms with Gasteiger partial charge in [0.15, 0.2) is 0 Å². The van der Waals surface area contributed by atoms with E-state index in [1.807, 2.05) is 30.5 Å². The first-order chi connectivity index (χ1) is 15.7. The van der Waals surface area contributed by atoms with Crippen molar-refractivity contribution in [2.24, 2.45) is 5.10 Å². The van der Waals surface area contributed by atoms with E-state index >= 15 is 0 Å². The Morgan fingerprint density at radius 2 is 1.82 bits per heavy atom. The topological polar surface area (TPSA) is 128 Å². The number of amides is 2. The number of hydrogen-bond acceptors (Lipinski definition) is 6. The second-order valence-corrected chi connectivity index (χ2v) is 7.35. The molecular weight excluding hydrogens is 450 g/mol. The Bertz CT molecular complexity index is 1250. The molecule has 0 fully saturated rings. The van der Waals surface area contributed by atoms with E-state index in [-0.39, 0.29) is 11.4 Å². The Morgan fingerprint density at radius 1 is 1.12 bits per heavy atom. The van der Waals surface area contributed by atoms with E-state index in [0.717, 1.165) is 22.6 Å². The van der Waals surface area contributed by atoms with Gasteiger partial charge in [-0.1, -0.05) is 11.6 Å². The maximum Gasteiger partial charge on any atom is 0.329 e. The van der Waals surface area contributed by atoms with Crippen molar-refractivity contribution in [1.82, 2.24) is 9.99 Å². The van der Waals surface area contributed by atoms with Crippen LogP contribution in [0.3, 0.4) is 0 Å². The summed E-state index contributed by atoms with van der Waals surface area (Å²) in [4.78, 5) is 34.1. The van der Waals surface area contributed by atoms with Gasteiger partial charge in [0, 0.05) is 40.5 Å². The van der Waals surface area contributed by atoms with E-state index in [1.165, 1.54) is 30.5 Å². The van der Waals surface area contributed by atoms with Gasteiger partial charge < -0.3 is 14.6 Å². The minimum atomic E-state index is -0.986. The van der Waals surface area contributed by atoms with E-state index in [0.29, 0.717) is 10.8 Å². The van der Waals surface area contributed by atoms with E-state index in [1.54, 1.807) is 19.2 Å². The summed E-state index contributed by atoms with van der Waals surface area (Å²) in [6, 6.07) is 12.4. The van der Waals surface area contributed by atoms with Gasteiger partial charge in [0.05, 0.1) is 23.3 Å². The fourth-order valence-corrected chi connectivity index (χ4v) is 3.43. The second kappa shape index (κ2) is 9.96. The van der Waals surface area contributed by atoms with E-state index in [9.17, 15) is 19.7 Å². The summed E-state index contributed by atoms with van der Waals surface area (Å²) < 4.78 is 7.15. The number of hydrazone groups is 1. The number of nitro groups is 1. The van der Waals surface area contributed by atoms with Crippen molar-refractivity contribution < 1.29 is 19.2 Å². The largest absolute Gasteiger partial charge is 0.495 e. The van der Waals surface area contributed by atoms with Crippen LogP contribution in [-0.2, 0) is 9.59 Å². The zero-order valence-electron chi connectivity index (χ0n) is 18.0. The summed E-state index contributed by atoms with van der Waals surface area (Å²) >= 11 is 6.24. The Morgan fingerprint density at radius 3 is 2.42 bits per heavy atom. The standard InChI is InChI=1S/C22H20ClN5O5/c1-13-10-15(14(2)27(13)18-8-9-20(33-3)19(23)11-18)12-24-26-22(30)21(29)25-16-4-6-17(7-5-16)28(31)32/h4-12H,1-3H3,(H,25,29)(H,26,30)/b24-12-. The van der Waals surface area contributed by atoms with Crippen LogP contribution in [0, 0.1) is 24.0 Å². The average molecular weight is 470 g/mol. The lowest BCUT2D eigenvalue weighted by molar-refractivity contribution is -0.384. The second-order valence-electron chi connectivity index (χ2n) is 6.94. The number of anilines is 1. The Hall–Kier alpha value is -4.18. The van der Waals surface area contributed by atoms with Crippen LogP contribution in [0.1, 0.15) is 17.0 Å². The molecule has 0 aliphatic heterocycles.